The van der Waals surface area contributed by atoms with Crippen LogP contribution < -0.4 is 9.47 Å². The van der Waals surface area contributed by atoms with Crippen molar-refractivity contribution in [2.45, 2.75) is 18.7 Å². The lowest BCUT2D eigenvalue weighted by atomic mass is 9.96. The molecule has 0 aromatic heterocycles. The maximum Gasteiger partial charge on any atom is 0.215 e. The van der Waals surface area contributed by atoms with E-state index >= 15 is 0 Å². The summed E-state index contributed by atoms with van der Waals surface area (Å²) in [6.07, 6.45) is 0.329. The zero-order valence-electron chi connectivity index (χ0n) is 15.7. The van der Waals surface area contributed by atoms with Gasteiger partial charge in [0, 0.05) is 33.2 Å². The zero-order chi connectivity index (χ0) is 20.0. The van der Waals surface area contributed by atoms with Gasteiger partial charge in [-0.15, -0.1) is 0 Å². The number of hydrogen-bond donors (Lipinski definition) is 0. The van der Waals surface area contributed by atoms with Crippen LogP contribution >= 0.6 is 23.2 Å². The summed E-state index contributed by atoms with van der Waals surface area (Å²) in [5, 5.41) is 8.28. The molecule has 0 radical (unpaired) electrons. The maximum absolute atomic E-state index is 6.50. The summed E-state index contributed by atoms with van der Waals surface area (Å²) in [6.45, 7) is 0. The Morgan fingerprint density at radius 3 is 2.69 bits per heavy atom. The fourth-order valence-corrected chi connectivity index (χ4v) is 4.33. The number of hydrazone groups is 1. The molecule has 5 rings (SSSR count). The van der Waals surface area contributed by atoms with E-state index in [4.69, 9.17) is 37.8 Å². The molecule has 0 unspecified atom stereocenters. The second kappa shape index (κ2) is 7.29. The molecule has 2 heterocycles. The van der Waals surface area contributed by atoms with E-state index in [2.05, 4.69) is 0 Å². The Hall–Kier alpha value is -2.69. The Kier molecular flexibility index (Phi) is 4.61. The third-order valence-corrected chi connectivity index (χ3v) is 5.91. The van der Waals surface area contributed by atoms with Crippen molar-refractivity contribution >= 4 is 28.9 Å². The molecule has 3 aromatic rings. The van der Waals surface area contributed by atoms with Crippen molar-refractivity contribution in [3.8, 4) is 11.5 Å². The minimum absolute atomic E-state index is 0.0138. The molecule has 0 bridgehead atoms. The summed E-state index contributed by atoms with van der Waals surface area (Å²) in [6, 6.07) is 21.4. The number of hydrogen-bond acceptors (Lipinski definition) is 4. The maximum atomic E-state index is 6.50. The predicted molar refractivity (Wildman–Crippen MR) is 115 cm³/mol. The smallest absolute Gasteiger partial charge is 0.215 e. The van der Waals surface area contributed by atoms with Gasteiger partial charge >= 0.3 is 0 Å². The van der Waals surface area contributed by atoms with Crippen LogP contribution in [-0.4, -0.2) is 17.8 Å². The lowest BCUT2D eigenvalue weighted by Crippen LogP contribution is -2.33. The molecule has 2 aliphatic rings. The molecular weight excluding hydrogens is 407 g/mol. The van der Waals surface area contributed by atoms with Crippen molar-refractivity contribution in [2.75, 3.05) is 7.11 Å². The lowest BCUT2D eigenvalue weighted by molar-refractivity contribution is -0.0189. The third kappa shape index (κ3) is 3.22. The van der Waals surface area contributed by atoms with Crippen molar-refractivity contribution in [1.82, 2.24) is 5.01 Å². The Labute approximate surface area is 179 Å². The molecule has 4 nitrogen and oxygen atoms in total. The van der Waals surface area contributed by atoms with Crippen molar-refractivity contribution in [2.24, 2.45) is 5.10 Å². The van der Waals surface area contributed by atoms with Gasteiger partial charge in [0.05, 0.1) is 18.9 Å². The number of nitrogens with zero attached hydrogens (tertiary/aromatic N) is 2. The molecule has 0 fully saturated rings. The average Bonchev–Trinajstić information content (AvgIpc) is 3.20. The summed E-state index contributed by atoms with van der Waals surface area (Å²) >= 11 is 12.8. The summed E-state index contributed by atoms with van der Waals surface area (Å²) in [4.78, 5) is 0. The van der Waals surface area contributed by atoms with Gasteiger partial charge in [-0.2, -0.15) is 5.10 Å². The quantitative estimate of drug-likeness (QED) is 0.498. The topological polar surface area (TPSA) is 34.1 Å². The van der Waals surface area contributed by atoms with Crippen LogP contribution in [0.3, 0.4) is 0 Å². The Morgan fingerprint density at radius 1 is 1.00 bits per heavy atom. The second-order valence-corrected chi connectivity index (χ2v) is 7.90. The molecule has 0 saturated carbocycles. The highest BCUT2D eigenvalue weighted by molar-refractivity contribution is 6.31. The lowest BCUT2D eigenvalue weighted by Gasteiger charge is -2.38. The molecule has 29 heavy (non-hydrogen) atoms. The molecule has 0 aliphatic carbocycles. The number of benzene rings is 3. The summed E-state index contributed by atoms with van der Waals surface area (Å²) in [5.41, 5.74) is 3.92. The van der Waals surface area contributed by atoms with E-state index in [1.54, 1.807) is 7.11 Å². The van der Waals surface area contributed by atoms with Crippen LogP contribution in [0.25, 0.3) is 0 Å². The van der Waals surface area contributed by atoms with Gasteiger partial charge in [0.25, 0.3) is 0 Å². The third-order valence-electron chi connectivity index (χ3n) is 5.33. The number of rotatable bonds is 3. The molecule has 0 N–H and O–H groups in total. The van der Waals surface area contributed by atoms with Gasteiger partial charge in [0.15, 0.2) is 0 Å². The van der Waals surface area contributed by atoms with E-state index in [1.165, 1.54) is 0 Å². The summed E-state index contributed by atoms with van der Waals surface area (Å²) < 4.78 is 11.7. The minimum Gasteiger partial charge on any atom is -0.497 e. The first-order chi connectivity index (χ1) is 14.1. The normalized spacial score (nSPS) is 19.8. The van der Waals surface area contributed by atoms with Gasteiger partial charge in [-0.25, -0.2) is 5.01 Å². The first-order valence-electron chi connectivity index (χ1n) is 9.35. The fraction of sp³-hybridized carbons (Fsp3) is 0.174. The zero-order valence-corrected chi connectivity index (χ0v) is 17.2. The highest BCUT2D eigenvalue weighted by Gasteiger charge is 2.41. The second-order valence-electron chi connectivity index (χ2n) is 7.05. The van der Waals surface area contributed by atoms with Gasteiger partial charge in [-0.1, -0.05) is 53.5 Å². The van der Waals surface area contributed by atoms with E-state index < -0.39 is 6.23 Å². The van der Waals surface area contributed by atoms with Crippen LogP contribution in [0.15, 0.2) is 71.8 Å². The first-order valence-corrected chi connectivity index (χ1v) is 10.1. The summed E-state index contributed by atoms with van der Waals surface area (Å²) in [7, 11) is 1.67. The average molecular weight is 425 g/mol. The number of ether oxygens (including phenoxy) is 2. The van der Waals surface area contributed by atoms with Crippen LogP contribution in [0.2, 0.25) is 10.0 Å². The van der Waals surface area contributed by atoms with E-state index in [1.807, 2.05) is 71.7 Å². The van der Waals surface area contributed by atoms with Gasteiger partial charge in [-0.05, 0) is 36.4 Å². The molecular formula is C23H18Cl2N2O2. The highest BCUT2D eigenvalue weighted by atomic mass is 35.5. The summed E-state index contributed by atoms with van der Waals surface area (Å²) in [5.74, 6) is 1.61. The van der Waals surface area contributed by atoms with Gasteiger partial charge < -0.3 is 9.47 Å². The fourth-order valence-electron chi connectivity index (χ4n) is 3.92. The van der Waals surface area contributed by atoms with E-state index in [0.717, 1.165) is 40.3 Å². The van der Waals surface area contributed by atoms with Gasteiger partial charge in [0.1, 0.15) is 11.5 Å². The monoisotopic (exact) mass is 424 g/mol. The molecule has 2 aliphatic heterocycles. The molecule has 3 aromatic carbocycles. The number of fused-ring (bicyclic) bond motifs is 3. The van der Waals surface area contributed by atoms with Gasteiger partial charge in [0.2, 0.25) is 6.23 Å². The predicted octanol–water partition coefficient (Wildman–Crippen LogP) is 6.24. The van der Waals surface area contributed by atoms with Crippen LogP contribution in [0.4, 0.5) is 0 Å². The Bertz CT molecular complexity index is 1120. The van der Waals surface area contributed by atoms with E-state index in [0.29, 0.717) is 10.0 Å². The van der Waals surface area contributed by atoms with Crippen molar-refractivity contribution in [3.05, 3.63) is 93.5 Å². The largest absolute Gasteiger partial charge is 0.497 e. The van der Waals surface area contributed by atoms with E-state index in [9.17, 15) is 0 Å². The van der Waals surface area contributed by atoms with Crippen LogP contribution in [-0.2, 0) is 0 Å². The number of methoxy groups -OCH3 is 1. The van der Waals surface area contributed by atoms with Crippen molar-refractivity contribution in [1.29, 1.82) is 0 Å². The molecule has 0 saturated heterocycles. The molecule has 2 atom stereocenters. The van der Waals surface area contributed by atoms with E-state index in [-0.39, 0.29) is 6.04 Å². The van der Waals surface area contributed by atoms with Crippen molar-refractivity contribution in [3.63, 3.8) is 0 Å². The molecule has 0 amide bonds. The molecule has 6 heteroatoms. The SMILES string of the molecule is COc1cccc(C2=NN3[C@@H](C2)c2cc(Cl)ccc2O[C@H]3c2ccccc2Cl)c1. The molecule has 0 spiro atoms. The Morgan fingerprint density at radius 2 is 1.86 bits per heavy atom. The highest BCUT2D eigenvalue weighted by Crippen LogP contribution is 2.49. The number of halogens is 2. The minimum atomic E-state index is -0.412. The van der Waals surface area contributed by atoms with Crippen molar-refractivity contribution < 1.29 is 9.47 Å². The Balaban J connectivity index is 1.62. The van der Waals surface area contributed by atoms with Gasteiger partial charge in [-0.3, -0.25) is 0 Å². The standard InChI is InChI=1S/C23H18Cl2N2O2/c1-28-16-6-4-5-14(11-16)20-13-21-18-12-15(24)9-10-22(18)29-23(27(21)26-20)17-7-2-3-8-19(17)25/h2-12,21,23H,13H2,1H3/t21-,23-/m0/s1. The van der Waals surface area contributed by atoms with Crippen LogP contribution in [0.5, 0.6) is 11.5 Å². The molecule has 146 valence electrons. The first kappa shape index (κ1) is 18.3. The van der Waals surface area contributed by atoms with Crippen LogP contribution in [0.1, 0.15) is 35.4 Å². The van der Waals surface area contributed by atoms with Crippen LogP contribution in [0, 0.1) is 0 Å².